The Morgan fingerprint density at radius 3 is 2.50 bits per heavy atom. The predicted octanol–water partition coefficient (Wildman–Crippen LogP) is 2.75. The second kappa shape index (κ2) is 7.32. The van der Waals surface area contributed by atoms with Crippen molar-refractivity contribution in [1.82, 2.24) is 0 Å². The van der Waals surface area contributed by atoms with Crippen LogP contribution in [0.3, 0.4) is 0 Å². The maximum atomic E-state index is 12.8. The lowest BCUT2D eigenvalue weighted by atomic mass is 9.56. The van der Waals surface area contributed by atoms with Crippen LogP contribution in [0.4, 0.5) is 0 Å². The number of carbonyl (C=O) groups is 2. The number of halogens is 1. The van der Waals surface area contributed by atoms with Crippen LogP contribution in [0.15, 0.2) is 24.3 Å². The first kappa shape index (κ1) is 20.3. The van der Waals surface area contributed by atoms with Crippen molar-refractivity contribution in [1.29, 1.82) is 0 Å². The van der Waals surface area contributed by atoms with Crippen molar-refractivity contribution in [2.45, 2.75) is 51.2 Å². The van der Waals surface area contributed by atoms with Crippen molar-refractivity contribution in [2.24, 2.45) is 5.41 Å². The van der Waals surface area contributed by atoms with Gasteiger partial charge in [-0.3, -0.25) is 19.7 Å². The van der Waals surface area contributed by atoms with Gasteiger partial charge < -0.3 is 9.84 Å². The zero-order chi connectivity index (χ0) is 19.7. The first-order chi connectivity index (χ1) is 12.1. The van der Waals surface area contributed by atoms with Crippen LogP contribution in [-0.2, 0) is 14.3 Å². The number of nitrogens with zero attached hydrogens (tertiary/aromatic N) is 1. The lowest BCUT2D eigenvalue weighted by Gasteiger charge is -2.46. The van der Waals surface area contributed by atoms with Crippen LogP contribution in [0.5, 0.6) is 0 Å². The Morgan fingerprint density at radius 2 is 2.00 bits per heavy atom. The molecule has 0 bridgehead atoms. The van der Waals surface area contributed by atoms with E-state index in [0.29, 0.717) is 0 Å². The maximum Gasteiger partial charge on any atom is 0.320 e. The summed E-state index contributed by atoms with van der Waals surface area (Å²) in [6.45, 7) is 4.19. The Hall–Kier alpha value is -1.99. The molecule has 0 heterocycles. The first-order valence-corrected chi connectivity index (χ1v) is 8.76. The van der Waals surface area contributed by atoms with Crippen LogP contribution < -0.4 is 0 Å². The van der Waals surface area contributed by atoms with Gasteiger partial charge in [0.2, 0.25) is 6.04 Å². The Morgan fingerprint density at radius 1 is 1.38 bits per heavy atom. The molecule has 0 spiro atoms. The minimum absolute atomic E-state index is 0.0304. The van der Waals surface area contributed by atoms with Crippen molar-refractivity contribution < 1.29 is 24.4 Å². The van der Waals surface area contributed by atoms with E-state index < -0.39 is 39.7 Å². The summed E-state index contributed by atoms with van der Waals surface area (Å²) >= 11 is 6.27. The minimum Gasteiger partial charge on any atom is -0.465 e. The van der Waals surface area contributed by atoms with Crippen molar-refractivity contribution in [3.05, 3.63) is 45.0 Å². The number of aliphatic hydroxyl groups is 1. The van der Waals surface area contributed by atoms with Crippen LogP contribution in [0.2, 0.25) is 5.02 Å². The Kier molecular flexibility index (Phi) is 5.73. The molecule has 8 heteroatoms. The van der Waals surface area contributed by atoms with E-state index in [2.05, 4.69) is 0 Å². The average Bonchev–Trinajstić information content (AvgIpc) is 2.54. The third-order valence-corrected chi connectivity index (χ3v) is 5.59. The monoisotopic (exact) mass is 383 g/mol. The molecule has 1 aliphatic carbocycles. The van der Waals surface area contributed by atoms with Crippen LogP contribution in [0.25, 0.3) is 0 Å². The van der Waals surface area contributed by atoms with Gasteiger partial charge in [-0.15, -0.1) is 0 Å². The highest BCUT2D eigenvalue weighted by molar-refractivity contribution is 6.31. The van der Waals surface area contributed by atoms with E-state index in [1.807, 2.05) is 0 Å². The van der Waals surface area contributed by atoms with E-state index in [4.69, 9.17) is 16.3 Å². The van der Waals surface area contributed by atoms with Crippen molar-refractivity contribution in [3.63, 3.8) is 0 Å². The molecule has 1 saturated carbocycles. The largest absolute Gasteiger partial charge is 0.465 e. The van der Waals surface area contributed by atoms with Gasteiger partial charge in [0.1, 0.15) is 16.8 Å². The maximum absolute atomic E-state index is 12.8. The van der Waals surface area contributed by atoms with Crippen LogP contribution in [0, 0.1) is 15.5 Å². The molecule has 1 aliphatic rings. The zero-order valence-corrected chi connectivity index (χ0v) is 15.7. The van der Waals surface area contributed by atoms with Gasteiger partial charge in [-0.1, -0.05) is 29.8 Å². The van der Waals surface area contributed by atoms with E-state index in [9.17, 15) is 24.8 Å². The lowest BCUT2D eigenvalue weighted by molar-refractivity contribution is -0.555. The summed E-state index contributed by atoms with van der Waals surface area (Å²) in [5.41, 5.74) is -3.21. The van der Waals surface area contributed by atoms with Crippen molar-refractivity contribution >= 4 is 23.4 Å². The van der Waals surface area contributed by atoms with Gasteiger partial charge in [-0.25, -0.2) is 0 Å². The molecule has 142 valence electrons. The molecule has 1 fully saturated rings. The number of hydrogen-bond acceptors (Lipinski definition) is 6. The number of esters is 1. The minimum atomic E-state index is -1.78. The molecular formula is C18H22ClNO6. The number of rotatable bonds is 5. The molecule has 4 atom stereocenters. The Balaban J connectivity index is 2.81. The quantitative estimate of drug-likeness (QED) is 0.362. The fraction of sp³-hybridized carbons (Fsp3) is 0.556. The average molecular weight is 384 g/mol. The fourth-order valence-electron chi connectivity index (χ4n) is 3.92. The highest BCUT2D eigenvalue weighted by Gasteiger charge is 2.66. The van der Waals surface area contributed by atoms with Gasteiger partial charge in [0.05, 0.1) is 12.5 Å². The normalized spacial score (nSPS) is 31.3. The summed E-state index contributed by atoms with van der Waals surface area (Å²) < 4.78 is 5.13. The van der Waals surface area contributed by atoms with Gasteiger partial charge >= 0.3 is 5.97 Å². The Bertz CT molecular complexity index is 734. The molecule has 0 radical (unpaired) electrons. The lowest BCUT2D eigenvalue weighted by Crippen LogP contribution is -2.61. The summed E-state index contributed by atoms with van der Waals surface area (Å²) in [6, 6.07) is 4.75. The van der Waals surface area contributed by atoms with Gasteiger partial charge in [-0.05, 0) is 45.2 Å². The molecule has 1 aromatic rings. The molecule has 1 aromatic carbocycles. The molecule has 2 rings (SSSR count). The molecule has 0 unspecified atom stereocenters. The van der Waals surface area contributed by atoms with E-state index in [1.54, 1.807) is 25.1 Å². The smallest absolute Gasteiger partial charge is 0.320 e. The van der Waals surface area contributed by atoms with E-state index in [0.717, 1.165) is 0 Å². The van der Waals surface area contributed by atoms with E-state index in [1.165, 1.54) is 19.9 Å². The standard InChI is InChI=1S/C18H22ClNO6/c1-4-26-16(22)18(11(2)21)10-9-17(3,23)15(20(24)25)14(18)12-7-5-6-8-13(12)19/h5-8,14-15,23H,4,9-10H2,1-3H3/t14-,15+,17-,18+/m1/s1. The van der Waals surface area contributed by atoms with E-state index >= 15 is 0 Å². The third-order valence-electron chi connectivity index (χ3n) is 5.24. The van der Waals surface area contributed by atoms with Crippen LogP contribution in [-0.4, -0.2) is 40.0 Å². The second-order valence-corrected chi connectivity index (χ2v) is 7.24. The second-order valence-electron chi connectivity index (χ2n) is 6.83. The topological polar surface area (TPSA) is 107 Å². The van der Waals surface area contributed by atoms with Crippen molar-refractivity contribution in [3.8, 4) is 0 Å². The SMILES string of the molecule is CCOC(=O)[C@]1(C(C)=O)CC[C@@](C)(O)[C@@H]([N+](=O)[O-])[C@H]1c1ccccc1Cl. The first-order valence-electron chi connectivity index (χ1n) is 8.38. The number of carbonyl (C=O) groups excluding carboxylic acids is 2. The van der Waals surface area contributed by atoms with Gasteiger partial charge in [0.15, 0.2) is 0 Å². The number of benzene rings is 1. The van der Waals surface area contributed by atoms with Gasteiger partial charge in [0.25, 0.3) is 0 Å². The van der Waals surface area contributed by atoms with Crippen LogP contribution in [0.1, 0.15) is 45.1 Å². The molecule has 0 aliphatic heterocycles. The van der Waals surface area contributed by atoms with Crippen LogP contribution >= 0.6 is 11.6 Å². The molecule has 0 aromatic heterocycles. The third kappa shape index (κ3) is 3.21. The highest BCUT2D eigenvalue weighted by atomic mass is 35.5. The summed E-state index contributed by atoms with van der Waals surface area (Å²) in [4.78, 5) is 36.8. The fourth-order valence-corrected chi connectivity index (χ4v) is 4.17. The molecule has 1 N–H and O–H groups in total. The summed E-state index contributed by atoms with van der Waals surface area (Å²) in [6.07, 6.45) is -0.146. The number of nitro groups is 1. The molecular weight excluding hydrogens is 362 g/mol. The number of Topliss-reactive ketones (excluding diaryl/α,β-unsaturated/α-hetero) is 1. The molecule has 26 heavy (non-hydrogen) atoms. The van der Waals surface area contributed by atoms with Crippen molar-refractivity contribution in [2.75, 3.05) is 6.61 Å². The van der Waals surface area contributed by atoms with Gasteiger partial charge in [-0.2, -0.15) is 0 Å². The van der Waals surface area contributed by atoms with E-state index in [-0.39, 0.29) is 30.0 Å². The number of ketones is 1. The number of ether oxygens (including phenoxy) is 1. The predicted molar refractivity (Wildman–Crippen MR) is 94.6 cm³/mol. The molecule has 0 amide bonds. The molecule has 7 nitrogen and oxygen atoms in total. The number of hydrogen-bond donors (Lipinski definition) is 1. The Labute approximate surface area is 156 Å². The zero-order valence-electron chi connectivity index (χ0n) is 14.9. The summed E-state index contributed by atoms with van der Waals surface area (Å²) in [5.74, 6) is -2.60. The summed E-state index contributed by atoms with van der Waals surface area (Å²) in [7, 11) is 0. The summed E-state index contributed by atoms with van der Waals surface area (Å²) in [5, 5.41) is 22.8. The highest BCUT2D eigenvalue weighted by Crippen LogP contribution is 2.54. The van der Waals surface area contributed by atoms with Gasteiger partial charge in [0, 0.05) is 9.95 Å². The molecule has 0 saturated heterocycles.